The number of aliphatic carboxylic acids is 1. The van der Waals surface area contributed by atoms with Crippen LogP contribution in [0.4, 0.5) is 5.69 Å². The number of rotatable bonds is 3. The fourth-order valence-corrected chi connectivity index (χ4v) is 1.20. The van der Waals surface area contributed by atoms with Gasteiger partial charge >= 0.3 is 5.97 Å². The fourth-order valence-electron chi connectivity index (χ4n) is 1.20. The van der Waals surface area contributed by atoms with Gasteiger partial charge in [-0.05, 0) is 24.1 Å². The predicted molar refractivity (Wildman–Crippen MR) is 54.8 cm³/mol. The molecule has 0 aliphatic carbocycles. The molecule has 0 aromatic heterocycles. The second kappa shape index (κ2) is 4.11. The molecule has 0 saturated heterocycles. The van der Waals surface area contributed by atoms with E-state index < -0.39 is 12.0 Å². The zero-order chi connectivity index (χ0) is 10.7. The number of aryl methyl sites for hydroxylation is 1. The van der Waals surface area contributed by atoms with Crippen molar-refractivity contribution in [3.05, 3.63) is 29.3 Å². The summed E-state index contributed by atoms with van der Waals surface area (Å²) >= 11 is 0. The molecule has 0 unspecified atom stereocenters. The molecule has 5 N–H and O–H groups in total. The molecule has 1 rings (SSSR count). The number of carboxylic acid groups (broad SMARTS) is 1. The Bertz CT molecular complexity index is 350. The fraction of sp³-hybridized carbons (Fsp3) is 0.300. The van der Waals surface area contributed by atoms with Crippen molar-refractivity contribution in [3.8, 4) is 0 Å². The van der Waals surface area contributed by atoms with E-state index in [2.05, 4.69) is 0 Å². The lowest BCUT2D eigenvalue weighted by Gasteiger charge is -2.10. The zero-order valence-electron chi connectivity index (χ0n) is 8.03. The monoisotopic (exact) mass is 194 g/mol. The van der Waals surface area contributed by atoms with Crippen molar-refractivity contribution in [1.82, 2.24) is 0 Å². The molecule has 0 heterocycles. The summed E-state index contributed by atoms with van der Waals surface area (Å²) < 4.78 is 0. The zero-order valence-corrected chi connectivity index (χ0v) is 8.03. The first-order valence-electron chi connectivity index (χ1n) is 4.34. The van der Waals surface area contributed by atoms with Crippen molar-refractivity contribution in [3.63, 3.8) is 0 Å². The first kappa shape index (κ1) is 10.5. The molecule has 0 spiro atoms. The molecule has 4 heteroatoms. The summed E-state index contributed by atoms with van der Waals surface area (Å²) in [5, 5.41) is 8.56. The normalized spacial score (nSPS) is 12.4. The van der Waals surface area contributed by atoms with E-state index in [1.165, 1.54) is 0 Å². The second-order valence-corrected chi connectivity index (χ2v) is 3.32. The molecule has 76 valence electrons. The third-order valence-electron chi connectivity index (χ3n) is 2.13. The van der Waals surface area contributed by atoms with Gasteiger partial charge < -0.3 is 16.6 Å². The topological polar surface area (TPSA) is 89.3 Å². The van der Waals surface area contributed by atoms with E-state index >= 15 is 0 Å². The van der Waals surface area contributed by atoms with E-state index in [0.717, 1.165) is 11.1 Å². The summed E-state index contributed by atoms with van der Waals surface area (Å²) in [4.78, 5) is 10.4. The lowest BCUT2D eigenvalue weighted by Crippen LogP contribution is -2.15. The predicted octanol–water partition coefficient (Wildman–Crippen LogP) is 1.05. The molecule has 0 aliphatic rings. The minimum Gasteiger partial charge on any atom is -0.481 e. The van der Waals surface area contributed by atoms with Crippen molar-refractivity contribution in [2.24, 2.45) is 5.73 Å². The lowest BCUT2D eigenvalue weighted by molar-refractivity contribution is -0.137. The summed E-state index contributed by atoms with van der Waals surface area (Å²) in [5.41, 5.74) is 13.7. The van der Waals surface area contributed by atoms with Crippen molar-refractivity contribution in [1.29, 1.82) is 0 Å². The maximum absolute atomic E-state index is 10.4. The third kappa shape index (κ3) is 2.47. The molecule has 0 bridgehead atoms. The summed E-state index contributed by atoms with van der Waals surface area (Å²) in [6, 6.07) is 4.88. The van der Waals surface area contributed by atoms with Gasteiger partial charge in [0.1, 0.15) is 0 Å². The molecule has 0 fully saturated rings. The average Bonchev–Trinajstić information content (AvgIpc) is 2.08. The Morgan fingerprint density at radius 2 is 2.21 bits per heavy atom. The number of benzene rings is 1. The minimum absolute atomic E-state index is 0.0809. The molecule has 0 amide bonds. The molecule has 1 aromatic rings. The van der Waals surface area contributed by atoms with Crippen LogP contribution >= 0.6 is 0 Å². The molecular weight excluding hydrogens is 180 g/mol. The highest BCUT2D eigenvalue weighted by molar-refractivity contribution is 5.68. The first-order chi connectivity index (χ1) is 6.50. The van der Waals surface area contributed by atoms with Gasteiger partial charge in [-0.15, -0.1) is 0 Å². The molecule has 1 aromatic carbocycles. The maximum atomic E-state index is 10.4. The van der Waals surface area contributed by atoms with Crippen LogP contribution in [0, 0.1) is 6.92 Å². The van der Waals surface area contributed by atoms with Crippen molar-refractivity contribution >= 4 is 11.7 Å². The van der Waals surface area contributed by atoms with Gasteiger partial charge in [0.15, 0.2) is 0 Å². The smallest absolute Gasteiger partial charge is 0.305 e. The number of nitrogen functional groups attached to an aromatic ring is 1. The van der Waals surface area contributed by atoms with E-state index in [-0.39, 0.29) is 6.42 Å². The number of anilines is 1. The Kier molecular flexibility index (Phi) is 3.09. The molecule has 14 heavy (non-hydrogen) atoms. The van der Waals surface area contributed by atoms with E-state index in [1.54, 1.807) is 12.1 Å². The van der Waals surface area contributed by atoms with Gasteiger partial charge in [0.25, 0.3) is 0 Å². The number of carboxylic acids is 1. The molecule has 0 aliphatic heterocycles. The Morgan fingerprint density at radius 1 is 1.57 bits per heavy atom. The number of hydrogen-bond donors (Lipinski definition) is 3. The number of carbonyl (C=O) groups is 1. The maximum Gasteiger partial charge on any atom is 0.305 e. The van der Waals surface area contributed by atoms with Gasteiger partial charge in [-0.1, -0.05) is 12.1 Å². The van der Waals surface area contributed by atoms with Gasteiger partial charge in [0, 0.05) is 11.7 Å². The molecular formula is C10H14N2O2. The van der Waals surface area contributed by atoms with Crippen LogP contribution in [0.1, 0.15) is 23.6 Å². The van der Waals surface area contributed by atoms with Crippen LogP contribution in [0.2, 0.25) is 0 Å². The van der Waals surface area contributed by atoms with Crippen molar-refractivity contribution in [2.75, 3.05) is 5.73 Å². The summed E-state index contributed by atoms with van der Waals surface area (Å²) in [6.45, 7) is 1.89. The SMILES string of the molecule is Cc1ccc([C@H](N)CC(=O)O)cc1N. The highest BCUT2D eigenvalue weighted by Crippen LogP contribution is 2.19. The Hall–Kier alpha value is -1.55. The number of nitrogens with two attached hydrogens (primary N) is 2. The standard InChI is InChI=1S/C10H14N2O2/c1-6-2-3-7(4-8(6)11)9(12)5-10(13)14/h2-4,9H,5,11-12H2,1H3,(H,13,14)/t9-/m1/s1. The largest absolute Gasteiger partial charge is 0.481 e. The average molecular weight is 194 g/mol. The Balaban J connectivity index is 2.85. The molecule has 0 radical (unpaired) electrons. The lowest BCUT2D eigenvalue weighted by atomic mass is 10.0. The van der Waals surface area contributed by atoms with E-state index in [1.807, 2.05) is 13.0 Å². The van der Waals surface area contributed by atoms with Gasteiger partial charge in [0.05, 0.1) is 6.42 Å². The van der Waals surface area contributed by atoms with Crippen LogP contribution in [0.3, 0.4) is 0 Å². The molecule has 1 atom stereocenters. The van der Waals surface area contributed by atoms with Crippen LogP contribution in [0.5, 0.6) is 0 Å². The van der Waals surface area contributed by atoms with Gasteiger partial charge in [-0.3, -0.25) is 4.79 Å². The van der Waals surface area contributed by atoms with Crippen molar-refractivity contribution in [2.45, 2.75) is 19.4 Å². The van der Waals surface area contributed by atoms with E-state index in [0.29, 0.717) is 5.69 Å². The Labute approximate surface area is 82.5 Å². The van der Waals surface area contributed by atoms with Crippen molar-refractivity contribution < 1.29 is 9.90 Å². The molecule has 4 nitrogen and oxygen atoms in total. The quantitative estimate of drug-likeness (QED) is 0.627. The van der Waals surface area contributed by atoms with Crippen LogP contribution < -0.4 is 11.5 Å². The molecule has 0 saturated carbocycles. The van der Waals surface area contributed by atoms with Crippen LogP contribution in [-0.2, 0) is 4.79 Å². The van der Waals surface area contributed by atoms with E-state index in [4.69, 9.17) is 16.6 Å². The summed E-state index contributed by atoms with van der Waals surface area (Å²) in [6.07, 6.45) is -0.0809. The minimum atomic E-state index is -0.906. The number of hydrogen-bond acceptors (Lipinski definition) is 3. The summed E-state index contributed by atoms with van der Waals surface area (Å²) in [7, 11) is 0. The van der Waals surface area contributed by atoms with Gasteiger partial charge in [0.2, 0.25) is 0 Å². The highest BCUT2D eigenvalue weighted by atomic mass is 16.4. The first-order valence-corrected chi connectivity index (χ1v) is 4.34. The van der Waals surface area contributed by atoms with Crippen LogP contribution in [0.15, 0.2) is 18.2 Å². The van der Waals surface area contributed by atoms with Gasteiger partial charge in [-0.2, -0.15) is 0 Å². The third-order valence-corrected chi connectivity index (χ3v) is 2.13. The summed E-state index contributed by atoms with van der Waals surface area (Å²) in [5.74, 6) is -0.906. The Morgan fingerprint density at radius 3 is 2.71 bits per heavy atom. The highest BCUT2D eigenvalue weighted by Gasteiger charge is 2.10. The van der Waals surface area contributed by atoms with Crippen LogP contribution in [0.25, 0.3) is 0 Å². The van der Waals surface area contributed by atoms with Crippen LogP contribution in [-0.4, -0.2) is 11.1 Å². The van der Waals surface area contributed by atoms with Gasteiger partial charge in [-0.25, -0.2) is 0 Å². The second-order valence-electron chi connectivity index (χ2n) is 3.32. The van der Waals surface area contributed by atoms with E-state index in [9.17, 15) is 4.79 Å².